The van der Waals surface area contributed by atoms with Crippen molar-refractivity contribution in [1.82, 2.24) is 20.1 Å². The van der Waals surface area contributed by atoms with Gasteiger partial charge in [0.05, 0.1) is 17.6 Å². The summed E-state index contributed by atoms with van der Waals surface area (Å²) >= 11 is 0. The Morgan fingerprint density at radius 1 is 1.10 bits per heavy atom. The number of hydrogen-bond donors (Lipinski definition) is 1. The Balaban J connectivity index is 1.54. The van der Waals surface area contributed by atoms with E-state index in [4.69, 9.17) is 4.98 Å². The highest BCUT2D eigenvalue weighted by molar-refractivity contribution is 6.08. The first-order chi connectivity index (χ1) is 14.6. The average Bonchev–Trinajstić information content (AvgIpc) is 2.76. The highest BCUT2D eigenvalue weighted by atomic mass is 16.2. The Morgan fingerprint density at radius 2 is 1.87 bits per heavy atom. The molecular formula is C24H32N4O2. The Hall–Kier alpha value is -2.47. The summed E-state index contributed by atoms with van der Waals surface area (Å²) in [6.45, 7) is 8.02. The van der Waals surface area contributed by atoms with Gasteiger partial charge in [-0.3, -0.25) is 19.5 Å². The minimum atomic E-state index is 0.0706. The van der Waals surface area contributed by atoms with Gasteiger partial charge in [-0.15, -0.1) is 0 Å². The molecular weight excluding hydrogens is 376 g/mol. The number of pyridine rings is 1. The van der Waals surface area contributed by atoms with Gasteiger partial charge in [0.15, 0.2) is 0 Å². The molecule has 6 heteroatoms. The number of hydrogen-bond acceptors (Lipinski definition) is 4. The van der Waals surface area contributed by atoms with Crippen LogP contribution >= 0.6 is 0 Å². The zero-order valence-corrected chi connectivity index (χ0v) is 18.2. The first-order valence-electron chi connectivity index (χ1n) is 11.3. The van der Waals surface area contributed by atoms with Crippen molar-refractivity contribution in [2.45, 2.75) is 46.0 Å². The van der Waals surface area contributed by atoms with E-state index < -0.39 is 0 Å². The number of carbonyl (C=O) groups excluding carboxylic acids is 2. The summed E-state index contributed by atoms with van der Waals surface area (Å²) in [5.74, 6) is 0.197. The zero-order chi connectivity index (χ0) is 21.1. The number of rotatable bonds is 5. The topological polar surface area (TPSA) is 65.5 Å². The second-order valence-electron chi connectivity index (χ2n) is 8.56. The Morgan fingerprint density at radius 3 is 2.63 bits per heavy atom. The van der Waals surface area contributed by atoms with Crippen molar-refractivity contribution >= 4 is 22.7 Å². The van der Waals surface area contributed by atoms with Crippen LogP contribution in [0, 0.1) is 6.92 Å². The van der Waals surface area contributed by atoms with Crippen molar-refractivity contribution < 1.29 is 9.59 Å². The van der Waals surface area contributed by atoms with E-state index in [1.165, 1.54) is 0 Å². The van der Waals surface area contributed by atoms with E-state index in [1.807, 2.05) is 17.9 Å². The van der Waals surface area contributed by atoms with Crippen molar-refractivity contribution in [3.05, 3.63) is 40.6 Å². The third-order valence-electron chi connectivity index (χ3n) is 6.23. The Labute approximate surface area is 178 Å². The van der Waals surface area contributed by atoms with E-state index >= 15 is 0 Å². The summed E-state index contributed by atoms with van der Waals surface area (Å²) in [6, 6.07) is 6.23. The van der Waals surface area contributed by atoms with Gasteiger partial charge in [0, 0.05) is 43.8 Å². The molecule has 1 saturated heterocycles. The highest BCUT2D eigenvalue weighted by Crippen LogP contribution is 2.31. The van der Waals surface area contributed by atoms with E-state index in [1.54, 1.807) is 0 Å². The highest BCUT2D eigenvalue weighted by Gasteiger charge is 2.28. The molecule has 0 atom stereocenters. The maximum absolute atomic E-state index is 13.7. The minimum Gasteiger partial charge on any atom is -0.355 e. The van der Waals surface area contributed by atoms with Gasteiger partial charge in [-0.1, -0.05) is 18.6 Å². The van der Waals surface area contributed by atoms with Crippen LogP contribution in [0.3, 0.4) is 0 Å². The molecule has 1 aliphatic heterocycles. The molecule has 0 radical (unpaired) electrons. The molecule has 2 aliphatic rings. The Kier molecular flexibility index (Phi) is 6.32. The summed E-state index contributed by atoms with van der Waals surface area (Å²) in [6.07, 6.45) is 5.10. The fraction of sp³-hybridized carbons (Fsp3) is 0.542. The maximum Gasteiger partial charge on any atom is 0.254 e. The average molecular weight is 409 g/mol. The van der Waals surface area contributed by atoms with Crippen LogP contribution in [0.4, 0.5) is 0 Å². The van der Waals surface area contributed by atoms with Gasteiger partial charge in [0.2, 0.25) is 5.91 Å². The standard InChI is InChI=1S/C24H32N4O2/c1-3-10-25-22(29)16-27-11-13-28(14-12-27)24(30)23-18-6-4-5-7-20(18)26-21-9-8-17(2)15-19(21)23/h8-9,15H,3-7,10-14,16H2,1-2H3,(H,25,29). The van der Waals surface area contributed by atoms with Crippen LogP contribution in [0.5, 0.6) is 0 Å². The minimum absolute atomic E-state index is 0.0706. The van der Waals surface area contributed by atoms with E-state index in [9.17, 15) is 9.59 Å². The van der Waals surface area contributed by atoms with E-state index in [-0.39, 0.29) is 11.8 Å². The van der Waals surface area contributed by atoms with Crippen molar-refractivity contribution in [3.8, 4) is 0 Å². The second-order valence-corrected chi connectivity index (χ2v) is 8.56. The van der Waals surface area contributed by atoms with Crippen LogP contribution in [0.1, 0.15) is 53.4 Å². The van der Waals surface area contributed by atoms with Crippen LogP contribution in [-0.2, 0) is 17.6 Å². The van der Waals surface area contributed by atoms with Gasteiger partial charge >= 0.3 is 0 Å². The molecule has 0 spiro atoms. The predicted molar refractivity (Wildman–Crippen MR) is 119 cm³/mol. The van der Waals surface area contributed by atoms with Crippen molar-refractivity contribution in [3.63, 3.8) is 0 Å². The number of fused-ring (bicyclic) bond motifs is 2. The third kappa shape index (κ3) is 4.33. The Bertz CT molecular complexity index is 948. The lowest BCUT2D eigenvalue weighted by molar-refractivity contribution is -0.122. The van der Waals surface area contributed by atoms with Gasteiger partial charge in [-0.25, -0.2) is 0 Å². The lowest BCUT2D eigenvalue weighted by Crippen LogP contribution is -2.51. The monoisotopic (exact) mass is 408 g/mol. The summed E-state index contributed by atoms with van der Waals surface area (Å²) in [5, 5.41) is 3.92. The van der Waals surface area contributed by atoms with Gasteiger partial charge in [0.25, 0.3) is 5.91 Å². The molecule has 4 rings (SSSR count). The summed E-state index contributed by atoms with van der Waals surface area (Å²) in [5.41, 5.74) is 5.21. The number of carbonyl (C=O) groups is 2. The molecule has 0 saturated carbocycles. The largest absolute Gasteiger partial charge is 0.355 e. The molecule has 1 N–H and O–H groups in total. The van der Waals surface area contributed by atoms with Gasteiger partial charge in [0.1, 0.15) is 0 Å². The number of piperazine rings is 1. The van der Waals surface area contributed by atoms with Crippen LogP contribution in [-0.4, -0.2) is 65.9 Å². The molecule has 1 aliphatic carbocycles. The number of aromatic nitrogens is 1. The number of amides is 2. The SMILES string of the molecule is CCCNC(=O)CN1CCN(C(=O)c2c3c(nc4ccc(C)cc24)CCCC3)CC1. The molecule has 0 bridgehead atoms. The number of nitrogens with one attached hydrogen (secondary N) is 1. The molecule has 160 valence electrons. The molecule has 2 heterocycles. The quantitative estimate of drug-likeness (QED) is 0.826. The van der Waals surface area contributed by atoms with Crippen LogP contribution in [0.15, 0.2) is 18.2 Å². The molecule has 30 heavy (non-hydrogen) atoms. The van der Waals surface area contributed by atoms with Crippen molar-refractivity contribution in [2.75, 3.05) is 39.3 Å². The van der Waals surface area contributed by atoms with Crippen LogP contribution in [0.2, 0.25) is 0 Å². The van der Waals surface area contributed by atoms with Crippen molar-refractivity contribution in [2.24, 2.45) is 0 Å². The molecule has 2 amide bonds. The van der Waals surface area contributed by atoms with E-state index in [2.05, 4.69) is 29.3 Å². The fourth-order valence-corrected chi connectivity index (χ4v) is 4.57. The molecule has 0 unspecified atom stereocenters. The zero-order valence-electron chi connectivity index (χ0n) is 18.2. The smallest absolute Gasteiger partial charge is 0.254 e. The molecule has 1 aromatic carbocycles. The lowest BCUT2D eigenvalue weighted by atomic mass is 9.89. The van der Waals surface area contributed by atoms with Crippen molar-refractivity contribution in [1.29, 1.82) is 0 Å². The molecule has 1 fully saturated rings. The van der Waals surface area contributed by atoms with E-state index in [0.29, 0.717) is 19.6 Å². The number of nitrogens with zero attached hydrogens (tertiary/aromatic N) is 3. The van der Waals surface area contributed by atoms with Crippen LogP contribution in [0.25, 0.3) is 10.9 Å². The molecule has 1 aromatic heterocycles. The molecule has 6 nitrogen and oxygen atoms in total. The number of aryl methyl sites for hydroxylation is 2. The third-order valence-corrected chi connectivity index (χ3v) is 6.23. The summed E-state index contributed by atoms with van der Waals surface area (Å²) in [7, 11) is 0. The van der Waals surface area contributed by atoms with E-state index in [0.717, 1.165) is 85.0 Å². The van der Waals surface area contributed by atoms with Gasteiger partial charge in [-0.2, -0.15) is 0 Å². The molecule has 2 aromatic rings. The fourth-order valence-electron chi connectivity index (χ4n) is 4.57. The van der Waals surface area contributed by atoms with Crippen LogP contribution < -0.4 is 5.32 Å². The second kappa shape index (κ2) is 9.13. The van der Waals surface area contributed by atoms with Gasteiger partial charge in [-0.05, 0) is 56.7 Å². The summed E-state index contributed by atoms with van der Waals surface area (Å²) < 4.78 is 0. The summed E-state index contributed by atoms with van der Waals surface area (Å²) in [4.78, 5) is 34.7. The predicted octanol–water partition coefficient (Wildman–Crippen LogP) is 2.71. The number of benzene rings is 1. The first-order valence-corrected chi connectivity index (χ1v) is 11.3. The normalized spacial score (nSPS) is 17.1. The first kappa shape index (κ1) is 20.8. The lowest BCUT2D eigenvalue weighted by Gasteiger charge is -2.35. The van der Waals surface area contributed by atoms with Gasteiger partial charge < -0.3 is 10.2 Å². The maximum atomic E-state index is 13.7.